The summed E-state index contributed by atoms with van der Waals surface area (Å²) in [5, 5.41) is 3.23. The molecule has 0 aliphatic rings. The van der Waals surface area contributed by atoms with Crippen LogP contribution in [-0.2, 0) is 9.53 Å². The van der Waals surface area contributed by atoms with E-state index in [-0.39, 0.29) is 17.1 Å². The van der Waals surface area contributed by atoms with Crippen LogP contribution in [0.15, 0.2) is 53.4 Å². The van der Waals surface area contributed by atoms with Crippen molar-refractivity contribution < 1.29 is 14.3 Å². The summed E-state index contributed by atoms with van der Waals surface area (Å²) in [4.78, 5) is 24.8. The van der Waals surface area contributed by atoms with E-state index in [4.69, 9.17) is 16.3 Å². The summed E-state index contributed by atoms with van der Waals surface area (Å²) >= 11 is 7.30. The fourth-order valence-electron chi connectivity index (χ4n) is 1.92. The van der Waals surface area contributed by atoms with E-state index in [1.165, 1.54) is 11.8 Å². The monoisotopic (exact) mass is 363 g/mol. The highest BCUT2D eigenvalue weighted by atomic mass is 35.5. The standard InChI is InChI=1S/C18H18ClNO3S/c1-3-23-18(22)13-4-8-15(9-5-13)20-17(21)12(2)24-16-10-6-14(19)7-11-16/h4-12H,3H2,1-2H3,(H,20,21)/t12-/m1/s1. The normalized spacial score (nSPS) is 11.6. The molecule has 0 spiro atoms. The molecule has 24 heavy (non-hydrogen) atoms. The molecule has 2 rings (SSSR count). The van der Waals surface area contributed by atoms with Crippen LogP contribution in [0.25, 0.3) is 0 Å². The molecule has 0 radical (unpaired) electrons. The van der Waals surface area contributed by atoms with Gasteiger partial charge in [0.2, 0.25) is 5.91 Å². The van der Waals surface area contributed by atoms with Crippen LogP contribution in [-0.4, -0.2) is 23.7 Å². The Morgan fingerprint density at radius 3 is 2.33 bits per heavy atom. The minimum Gasteiger partial charge on any atom is -0.462 e. The fourth-order valence-corrected chi connectivity index (χ4v) is 2.91. The first-order valence-corrected chi connectivity index (χ1v) is 8.75. The molecule has 1 amide bonds. The maximum Gasteiger partial charge on any atom is 0.338 e. The van der Waals surface area contributed by atoms with Crippen LogP contribution in [0.3, 0.4) is 0 Å². The van der Waals surface area contributed by atoms with Gasteiger partial charge in [-0.05, 0) is 62.4 Å². The lowest BCUT2D eigenvalue weighted by Gasteiger charge is -2.12. The van der Waals surface area contributed by atoms with E-state index >= 15 is 0 Å². The number of ether oxygens (including phenoxy) is 1. The van der Waals surface area contributed by atoms with Crippen molar-refractivity contribution in [2.75, 3.05) is 11.9 Å². The smallest absolute Gasteiger partial charge is 0.338 e. The predicted octanol–water partition coefficient (Wildman–Crippen LogP) is 4.64. The quantitative estimate of drug-likeness (QED) is 0.600. The van der Waals surface area contributed by atoms with Gasteiger partial charge >= 0.3 is 5.97 Å². The number of thioether (sulfide) groups is 1. The van der Waals surface area contributed by atoms with Crippen molar-refractivity contribution in [3.05, 3.63) is 59.1 Å². The number of nitrogens with one attached hydrogen (secondary N) is 1. The van der Waals surface area contributed by atoms with Gasteiger partial charge in [-0.2, -0.15) is 0 Å². The summed E-state index contributed by atoms with van der Waals surface area (Å²) in [6, 6.07) is 14.0. The van der Waals surface area contributed by atoms with Gasteiger partial charge in [0.15, 0.2) is 0 Å². The number of esters is 1. The van der Waals surface area contributed by atoms with Crippen LogP contribution in [0.2, 0.25) is 5.02 Å². The van der Waals surface area contributed by atoms with Gasteiger partial charge in [-0.3, -0.25) is 4.79 Å². The SMILES string of the molecule is CCOC(=O)c1ccc(NC(=O)[C@@H](C)Sc2ccc(Cl)cc2)cc1. The van der Waals surface area contributed by atoms with Gasteiger partial charge in [-0.25, -0.2) is 4.79 Å². The lowest BCUT2D eigenvalue weighted by Crippen LogP contribution is -2.22. The van der Waals surface area contributed by atoms with Gasteiger partial charge in [-0.15, -0.1) is 11.8 Å². The predicted molar refractivity (Wildman–Crippen MR) is 97.8 cm³/mol. The molecular formula is C18H18ClNO3S. The second-order valence-electron chi connectivity index (χ2n) is 5.00. The van der Waals surface area contributed by atoms with E-state index in [9.17, 15) is 9.59 Å². The Balaban J connectivity index is 1.93. The molecule has 1 atom stereocenters. The summed E-state index contributed by atoms with van der Waals surface area (Å²) in [6.45, 7) is 3.92. The van der Waals surface area contributed by atoms with Gasteiger partial charge in [0.25, 0.3) is 0 Å². The first-order chi connectivity index (χ1) is 11.5. The van der Waals surface area contributed by atoms with E-state index in [0.717, 1.165) is 4.90 Å². The van der Waals surface area contributed by atoms with Crippen molar-refractivity contribution in [2.24, 2.45) is 0 Å². The highest BCUT2D eigenvalue weighted by Gasteiger charge is 2.15. The Morgan fingerprint density at radius 1 is 1.12 bits per heavy atom. The molecule has 2 aromatic carbocycles. The Hall–Kier alpha value is -1.98. The summed E-state index contributed by atoms with van der Waals surface area (Å²) in [5.41, 5.74) is 1.09. The van der Waals surface area contributed by atoms with Crippen LogP contribution in [0, 0.1) is 0 Å². The van der Waals surface area contributed by atoms with Crippen LogP contribution in [0.1, 0.15) is 24.2 Å². The van der Waals surface area contributed by atoms with Crippen LogP contribution < -0.4 is 5.32 Å². The highest BCUT2D eigenvalue weighted by molar-refractivity contribution is 8.00. The number of amides is 1. The van der Waals surface area contributed by atoms with E-state index in [2.05, 4.69) is 5.32 Å². The first kappa shape index (κ1) is 18.4. The summed E-state index contributed by atoms with van der Waals surface area (Å²) in [7, 11) is 0. The molecule has 0 bridgehead atoms. The molecule has 2 aromatic rings. The second-order valence-corrected chi connectivity index (χ2v) is 6.85. The van der Waals surface area contributed by atoms with Gasteiger partial charge < -0.3 is 10.1 Å². The molecule has 0 aromatic heterocycles. The lowest BCUT2D eigenvalue weighted by molar-refractivity contribution is -0.115. The van der Waals surface area contributed by atoms with Gasteiger partial charge in [0, 0.05) is 15.6 Å². The van der Waals surface area contributed by atoms with E-state index < -0.39 is 0 Å². The third kappa shape index (κ3) is 5.28. The molecule has 0 saturated carbocycles. The third-order valence-corrected chi connectivity index (χ3v) is 4.52. The highest BCUT2D eigenvalue weighted by Crippen LogP contribution is 2.25. The largest absolute Gasteiger partial charge is 0.462 e. The molecule has 4 nitrogen and oxygen atoms in total. The minimum absolute atomic E-state index is 0.112. The minimum atomic E-state index is -0.373. The molecule has 1 N–H and O–H groups in total. The van der Waals surface area contributed by atoms with Crippen molar-refractivity contribution in [3.8, 4) is 0 Å². The molecule has 0 saturated heterocycles. The Kier molecular flexibility index (Phi) is 6.70. The molecule has 6 heteroatoms. The fraction of sp³-hybridized carbons (Fsp3) is 0.222. The summed E-state index contributed by atoms with van der Waals surface area (Å²) < 4.78 is 4.92. The molecule has 0 fully saturated rings. The van der Waals surface area contributed by atoms with Gasteiger partial charge in [0.1, 0.15) is 0 Å². The number of benzene rings is 2. The third-order valence-electron chi connectivity index (χ3n) is 3.16. The molecule has 0 aliphatic heterocycles. The number of hydrogen-bond donors (Lipinski definition) is 1. The second kappa shape index (κ2) is 8.76. The number of carbonyl (C=O) groups is 2. The average molecular weight is 364 g/mol. The number of rotatable bonds is 6. The lowest BCUT2D eigenvalue weighted by atomic mass is 10.2. The van der Waals surface area contributed by atoms with Gasteiger partial charge in [0.05, 0.1) is 17.4 Å². The van der Waals surface area contributed by atoms with E-state index in [0.29, 0.717) is 22.9 Å². The molecule has 0 unspecified atom stereocenters. The zero-order valence-electron chi connectivity index (χ0n) is 13.4. The zero-order chi connectivity index (χ0) is 17.5. The molecule has 126 valence electrons. The van der Waals surface area contributed by atoms with Crippen LogP contribution >= 0.6 is 23.4 Å². The Labute approximate surface area is 150 Å². The summed E-state index contributed by atoms with van der Waals surface area (Å²) in [6.07, 6.45) is 0. The van der Waals surface area contributed by atoms with Crippen molar-refractivity contribution in [1.82, 2.24) is 0 Å². The van der Waals surface area contributed by atoms with Crippen molar-refractivity contribution in [2.45, 2.75) is 24.0 Å². The van der Waals surface area contributed by atoms with Crippen LogP contribution in [0.4, 0.5) is 5.69 Å². The van der Waals surface area contributed by atoms with Crippen molar-refractivity contribution in [1.29, 1.82) is 0 Å². The molecule has 0 heterocycles. The first-order valence-electron chi connectivity index (χ1n) is 7.50. The summed E-state index contributed by atoms with van der Waals surface area (Å²) in [5.74, 6) is -0.485. The number of hydrogen-bond acceptors (Lipinski definition) is 4. The Bertz CT molecular complexity index is 701. The van der Waals surface area contributed by atoms with Crippen molar-refractivity contribution >= 4 is 40.9 Å². The van der Waals surface area contributed by atoms with E-state index in [1.54, 1.807) is 43.3 Å². The maximum atomic E-state index is 12.3. The van der Waals surface area contributed by atoms with Crippen LogP contribution in [0.5, 0.6) is 0 Å². The number of anilines is 1. The topological polar surface area (TPSA) is 55.4 Å². The average Bonchev–Trinajstić information content (AvgIpc) is 2.57. The van der Waals surface area contributed by atoms with Crippen molar-refractivity contribution in [3.63, 3.8) is 0 Å². The van der Waals surface area contributed by atoms with Gasteiger partial charge in [-0.1, -0.05) is 11.6 Å². The van der Waals surface area contributed by atoms with E-state index in [1.807, 2.05) is 19.1 Å². The Morgan fingerprint density at radius 2 is 1.75 bits per heavy atom. The molecule has 0 aliphatic carbocycles. The number of halogens is 1. The zero-order valence-corrected chi connectivity index (χ0v) is 15.0. The molecular weight excluding hydrogens is 346 g/mol. The maximum absolute atomic E-state index is 12.3. The number of carbonyl (C=O) groups excluding carboxylic acids is 2.